The van der Waals surface area contributed by atoms with E-state index in [1.54, 1.807) is 0 Å². The summed E-state index contributed by atoms with van der Waals surface area (Å²) in [6.07, 6.45) is 4.96. The first-order chi connectivity index (χ1) is 6.83. The van der Waals surface area contributed by atoms with E-state index in [4.69, 9.17) is 9.47 Å². The quantitative estimate of drug-likeness (QED) is 0.730. The second-order valence-electron chi connectivity index (χ2n) is 4.96. The zero-order chi connectivity index (χ0) is 9.54. The zero-order valence-corrected chi connectivity index (χ0v) is 8.74. The van der Waals surface area contributed by atoms with E-state index in [1.807, 2.05) is 0 Å². The first-order valence-corrected chi connectivity index (χ1v) is 5.82. The van der Waals surface area contributed by atoms with E-state index in [2.05, 4.69) is 12.2 Å². The van der Waals surface area contributed by atoms with Crippen LogP contribution in [0.4, 0.5) is 0 Å². The van der Waals surface area contributed by atoms with Crippen molar-refractivity contribution in [3.05, 3.63) is 0 Å². The molecule has 0 aromatic carbocycles. The van der Waals surface area contributed by atoms with Gasteiger partial charge in [0.05, 0.1) is 31.5 Å². The minimum atomic E-state index is 0.545. The van der Waals surface area contributed by atoms with Crippen molar-refractivity contribution in [1.29, 1.82) is 0 Å². The Morgan fingerprint density at radius 2 is 2.14 bits per heavy atom. The summed E-state index contributed by atoms with van der Waals surface area (Å²) in [5, 5.41) is 3.64. The van der Waals surface area contributed by atoms with Crippen LogP contribution in [0.5, 0.6) is 0 Å². The molecule has 0 aromatic rings. The van der Waals surface area contributed by atoms with Crippen LogP contribution in [0.1, 0.15) is 26.2 Å². The second kappa shape index (κ2) is 3.47. The molecule has 3 fully saturated rings. The number of hydrogen-bond donors (Lipinski definition) is 1. The van der Waals surface area contributed by atoms with Crippen LogP contribution < -0.4 is 5.32 Å². The lowest BCUT2D eigenvalue weighted by atomic mass is 9.84. The minimum absolute atomic E-state index is 0.545. The topological polar surface area (TPSA) is 30.5 Å². The molecular formula is C11H19NO2. The number of ether oxygens (including phenoxy) is 2. The van der Waals surface area contributed by atoms with Crippen molar-refractivity contribution in [2.24, 2.45) is 5.92 Å². The first kappa shape index (κ1) is 9.13. The maximum Gasteiger partial charge on any atom is 0.0643 e. The fraction of sp³-hybridized carbons (Fsp3) is 1.00. The van der Waals surface area contributed by atoms with Gasteiger partial charge in [-0.15, -0.1) is 0 Å². The molecule has 0 saturated carbocycles. The van der Waals surface area contributed by atoms with Crippen molar-refractivity contribution in [2.75, 3.05) is 13.2 Å². The van der Waals surface area contributed by atoms with Gasteiger partial charge in [0.25, 0.3) is 0 Å². The molecule has 3 heteroatoms. The standard InChI is InChI=1S/C11H19NO2/c1-7(12-8-5-13-6-8)10-4-9-2-3-11(10)14-9/h7-12H,2-6H2,1H3. The second-order valence-corrected chi connectivity index (χ2v) is 4.96. The van der Waals surface area contributed by atoms with E-state index in [1.165, 1.54) is 19.3 Å². The highest BCUT2D eigenvalue weighted by Gasteiger charge is 2.43. The number of rotatable bonds is 3. The lowest BCUT2D eigenvalue weighted by Crippen LogP contribution is -2.52. The third-order valence-electron chi connectivity index (χ3n) is 3.93. The van der Waals surface area contributed by atoms with Crippen LogP contribution in [0.15, 0.2) is 0 Å². The SMILES string of the molecule is CC(NC1COC1)C1CC2CCC1O2. The van der Waals surface area contributed by atoms with Gasteiger partial charge in [0, 0.05) is 12.0 Å². The van der Waals surface area contributed by atoms with Gasteiger partial charge in [-0.3, -0.25) is 0 Å². The molecule has 1 N–H and O–H groups in total. The number of hydrogen-bond acceptors (Lipinski definition) is 3. The van der Waals surface area contributed by atoms with Gasteiger partial charge >= 0.3 is 0 Å². The smallest absolute Gasteiger partial charge is 0.0643 e. The van der Waals surface area contributed by atoms with Crippen LogP contribution in [0.2, 0.25) is 0 Å². The summed E-state index contributed by atoms with van der Waals surface area (Å²) in [5.74, 6) is 0.745. The predicted molar refractivity (Wildman–Crippen MR) is 53.2 cm³/mol. The molecule has 0 spiro atoms. The van der Waals surface area contributed by atoms with Crippen molar-refractivity contribution in [3.8, 4) is 0 Å². The van der Waals surface area contributed by atoms with E-state index in [0.717, 1.165) is 19.1 Å². The normalized spacial score (nSPS) is 43.9. The van der Waals surface area contributed by atoms with E-state index < -0.39 is 0 Å². The van der Waals surface area contributed by atoms with Crippen molar-refractivity contribution in [3.63, 3.8) is 0 Å². The Hall–Kier alpha value is -0.120. The maximum atomic E-state index is 5.87. The summed E-state index contributed by atoms with van der Waals surface area (Å²) in [6.45, 7) is 4.09. The lowest BCUT2D eigenvalue weighted by Gasteiger charge is -2.34. The molecule has 14 heavy (non-hydrogen) atoms. The van der Waals surface area contributed by atoms with Gasteiger partial charge in [-0.1, -0.05) is 0 Å². The molecular weight excluding hydrogens is 178 g/mol. The molecule has 3 aliphatic rings. The Morgan fingerprint density at radius 1 is 1.29 bits per heavy atom. The van der Waals surface area contributed by atoms with E-state index >= 15 is 0 Å². The Morgan fingerprint density at radius 3 is 2.64 bits per heavy atom. The fourth-order valence-electron chi connectivity index (χ4n) is 3.03. The van der Waals surface area contributed by atoms with E-state index in [0.29, 0.717) is 24.3 Å². The Bertz CT molecular complexity index is 217. The molecule has 0 amide bonds. The van der Waals surface area contributed by atoms with Crippen molar-refractivity contribution >= 4 is 0 Å². The Kier molecular flexibility index (Phi) is 2.26. The van der Waals surface area contributed by atoms with E-state index in [9.17, 15) is 0 Å². The zero-order valence-electron chi connectivity index (χ0n) is 8.74. The van der Waals surface area contributed by atoms with E-state index in [-0.39, 0.29) is 0 Å². The highest BCUT2D eigenvalue weighted by molar-refractivity contribution is 4.95. The molecule has 3 heterocycles. The highest BCUT2D eigenvalue weighted by Crippen LogP contribution is 2.40. The lowest BCUT2D eigenvalue weighted by molar-refractivity contribution is -0.0146. The minimum Gasteiger partial charge on any atom is -0.378 e. The maximum absolute atomic E-state index is 5.87. The molecule has 0 aromatic heterocycles. The van der Waals surface area contributed by atoms with Gasteiger partial charge in [0.2, 0.25) is 0 Å². The summed E-state index contributed by atoms with van der Waals surface area (Å²) in [4.78, 5) is 0. The summed E-state index contributed by atoms with van der Waals surface area (Å²) >= 11 is 0. The summed E-state index contributed by atoms with van der Waals surface area (Å²) < 4.78 is 11.0. The molecule has 3 aliphatic heterocycles. The largest absolute Gasteiger partial charge is 0.378 e. The average molecular weight is 197 g/mol. The highest BCUT2D eigenvalue weighted by atomic mass is 16.5. The first-order valence-electron chi connectivity index (χ1n) is 5.82. The summed E-state index contributed by atoms with van der Waals surface area (Å²) in [5.41, 5.74) is 0. The monoisotopic (exact) mass is 197 g/mol. The Labute approximate surface area is 85.1 Å². The van der Waals surface area contributed by atoms with Gasteiger partial charge < -0.3 is 14.8 Å². The van der Waals surface area contributed by atoms with Crippen LogP contribution in [0.25, 0.3) is 0 Å². The van der Waals surface area contributed by atoms with Gasteiger partial charge in [-0.05, 0) is 26.2 Å². The fourth-order valence-corrected chi connectivity index (χ4v) is 3.03. The van der Waals surface area contributed by atoms with Crippen LogP contribution in [-0.4, -0.2) is 37.5 Å². The third kappa shape index (κ3) is 1.47. The van der Waals surface area contributed by atoms with Gasteiger partial charge in [0.1, 0.15) is 0 Å². The molecule has 0 aliphatic carbocycles. The molecule has 0 radical (unpaired) electrons. The molecule has 80 valence electrons. The number of fused-ring (bicyclic) bond motifs is 2. The van der Waals surface area contributed by atoms with Crippen molar-refractivity contribution < 1.29 is 9.47 Å². The van der Waals surface area contributed by atoms with Crippen LogP contribution in [0, 0.1) is 5.92 Å². The molecule has 3 nitrogen and oxygen atoms in total. The number of nitrogens with one attached hydrogen (secondary N) is 1. The molecule has 3 saturated heterocycles. The molecule has 2 bridgehead atoms. The molecule has 3 rings (SSSR count). The molecule has 4 atom stereocenters. The van der Waals surface area contributed by atoms with Gasteiger partial charge in [-0.2, -0.15) is 0 Å². The van der Waals surface area contributed by atoms with Crippen LogP contribution in [-0.2, 0) is 9.47 Å². The van der Waals surface area contributed by atoms with Crippen molar-refractivity contribution in [1.82, 2.24) is 5.32 Å². The summed E-state index contributed by atoms with van der Waals surface area (Å²) in [7, 11) is 0. The van der Waals surface area contributed by atoms with Gasteiger partial charge in [-0.25, -0.2) is 0 Å². The molecule has 4 unspecified atom stereocenters. The third-order valence-corrected chi connectivity index (χ3v) is 3.93. The average Bonchev–Trinajstić information content (AvgIpc) is 2.71. The van der Waals surface area contributed by atoms with Crippen LogP contribution in [0.3, 0.4) is 0 Å². The van der Waals surface area contributed by atoms with Crippen LogP contribution >= 0.6 is 0 Å². The summed E-state index contributed by atoms with van der Waals surface area (Å²) in [6, 6.07) is 1.20. The Balaban J connectivity index is 1.54. The van der Waals surface area contributed by atoms with Gasteiger partial charge in [0.15, 0.2) is 0 Å². The predicted octanol–water partition coefficient (Wildman–Crippen LogP) is 0.931. The van der Waals surface area contributed by atoms with Crippen molar-refractivity contribution in [2.45, 2.75) is 50.5 Å².